The number of benzene rings is 1. The average molecular weight is 449 g/mol. The van der Waals surface area contributed by atoms with Crippen LogP contribution in [-0.2, 0) is 21.3 Å². The van der Waals surface area contributed by atoms with E-state index in [0.717, 1.165) is 5.56 Å². The van der Waals surface area contributed by atoms with Gasteiger partial charge in [0.1, 0.15) is 10.9 Å². The summed E-state index contributed by atoms with van der Waals surface area (Å²) in [7, 11) is -3.53. The van der Waals surface area contributed by atoms with Crippen molar-refractivity contribution in [3.63, 3.8) is 0 Å². The Bertz CT molecular complexity index is 1070. The lowest BCUT2D eigenvalue weighted by molar-refractivity contribution is -0.0946. The van der Waals surface area contributed by atoms with Crippen LogP contribution in [0.4, 0.5) is 10.5 Å². The predicted molar refractivity (Wildman–Crippen MR) is 112 cm³/mol. The third-order valence-electron chi connectivity index (χ3n) is 5.98. The Balaban J connectivity index is 1.35. The van der Waals surface area contributed by atoms with Crippen LogP contribution < -0.4 is 5.32 Å². The van der Waals surface area contributed by atoms with E-state index in [1.807, 2.05) is 6.07 Å². The summed E-state index contributed by atoms with van der Waals surface area (Å²) in [5.74, 6) is 0. The number of amides is 2. The number of hydrogen-bond donors (Lipinski definition) is 1. The first kappa shape index (κ1) is 19.7. The van der Waals surface area contributed by atoms with Crippen molar-refractivity contribution in [1.29, 1.82) is 0 Å². The molecule has 2 amide bonds. The number of aromatic nitrogens is 1. The Hall–Kier alpha value is -2.20. The van der Waals surface area contributed by atoms with Crippen LogP contribution in [0.1, 0.15) is 12.0 Å². The van der Waals surface area contributed by atoms with Crippen molar-refractivity contribution in [2.24, 2.45) is 0 Å². The fourth-order valence-corrected chi connectivity index (χ4v) is 7.09. The van der Waals surface area contributed by atoms with Crippen molar-refractivity contribution in [2.45, 2.75) is 29.9 Å². The fraction of sp³-hybridized carbons (Fsp3) is 0.400. The van der Waals surface area contributed by atoms with E-state index >= 15 is 0 Å². The number of nitrogens with one attached hydrogen (secondary N) is 1. The number of rotatable bonds is 3. The maximum Gasteiger partial charge on any atom is 0.322 e. The van der Waals surface area contributed by atoms with Crippen LogP contribution in [0.2, 0.25) is 5.02 Å². The highest BCUT2D eigenvalue weighted by Gasteiger charge is 2.65. The van der Waals surface area contributed by atoms with E-state index in [9.17, 15) is 13.2 Å². The number of urea groups is 1. The zero-order valence-electron chi connectivity index (χ0n) is 16.1. The van der Waals surface area contributed by atoms with Crippen LogP contribution in [0.3, 0.4) is 0 Å². The molecular weight excluding hydrogens is 428 g/mol. The second-order valence-electron chi connectivity index (χ2n) is 8.02. The molecule has 1 spiro atoms. The minimum absolute atomic E-state index is 0.232. The first-order valence-corrected chi connectivity index (χ1v) is 11.6. The molecule has 3 saturated heterocycles. The molecule has 1 aromatic carbocycles. The number of sulfonamides is 1. The number of ether oxygens (including phenoxy) is 1. The van der Waals surface area contributed by atoms with Crippen molar-refractivity contribution >= 4 is 33.3 Å². The Morgan fingerprint density at radius 2 is 2.07 bits per heavy atom. The molecule has 3 atom stereocenters. The van der Waals surface area contributed by atoms with Crippen molar-refractivity contribution in [2.75, 3.05) is 25.0 Å². The number of nitrogens with zero attached hydrogens (tertiary/aromatic N) is 3. The third-order valence-corrected chi connectivity index (χ3v) is 8.55. The molecule has 0 radical (unpaired) electrons. The van der Waals surface area contributed by atoms with E-state index in [1.165, 1.54) is 4.31 Å². The highest BCUT2D eigenvalue weighted by atomic mass is 35.5. The van der Waals surface area contributed by atoms with E-state index in [4.69, 9.17) is 16.3 Å². The summed E-state index contributed by atoms with van der Waals surface area (Å²) in [6, 6.07) is 10.2. The van der Waals surface area contributed by atoms with Gasteiger partial charge in [-0.15, -0.1) is 0 Å². The molecule has 1 aromatic heterocycles. The number of likely N-dealkylation sites (tertiary alicyclic amines) is 1. The maximum atomic E-state index is 13.2. The van der Waals surface area contributed by atoms with Gasteiger partial charge in [-0.05, 0) is 42.3 Å². The minimum atomic E-state index is -3.53. The molecule has 3 aliphatic heterocycles. The van der Waals surface area contributed by atoms with E-state index in [2.05, 4.69) is 10.3 Å². The van der Waals surface area contributed by atoms with Gasteiger partial charge >= 0.3 is 6.03 Å². The minimum Gasteiger partial charge on any atom is -0.365 e. The molecular formula is C20H21ClN4O4S. The van der Waals surface area contributed by atoms with Gasteiger partial charge in [0.15, 0.2) is 0 Å². The van der Waals surface area contributed by atoms with Crippen LogP contribution in [0.25, 0.3) is 0 Å². The first-order valence-electron chi connectivity index (χ1n) is 9.73. The molecule has 30 heavy (non-hydrogen) atoms. The summed E-state index contributed by atoms with van der Waals surface area (Å²) in [4.78, 5) is 18.6. The summed E-state index contributed by atoms with van der Waals surface area (Å²) in [5, 5.41) is 2.81. The quantitative estimate of drug-likeness (QED) is 0.778. The second-order valence-corrected chi connectivity index (χ2v) is 10.6. The van der Waals surface area contributed by atoms with Gasteiger partial charge in [0, 0.05) is 42.7 Å². The van der Waals surface area contributed by atoms with Gasteiger partial charge in [-0.2, -0.15) is 4.31 Å². The average Bonchev–Trinajstić information content (AvgIpc) is 3.09. The number of morpholine rings is 1. The highest BCUT2D eigenvalue weighted by Crippen LogP contribution is 2.47. The van der Waals surface area contributed by atoms with E-state index < -0.39 is 20.9 Å². The molecule has 3 aliphatic rings. The monoisotopic (exact) mass is 448 g/mol. The lowest BCUT2D eigenvalue weighted by Crippen LogP contribution is -2.57. The largest absolute Gasteiger partial charge is 0.365 e. The molecule has 2 bridgehead atoms. The fourth-order valence-electron chi connectivity index (χ4n) is 4.68. The Morgan fingerprint density at radius 1 is 1.27 bits per heavy atom. The van der Waals surface area contributed by atoms with Gasteiger partial charge in [0.05, 0.1) is 12.6 Å². The molecule has 1 N–H and O–H groups in total. The standard InChI is InChI=1S/C20H21ClN4O4S/c21-15-3-5-16(6-4-15)23-19(26)24-11-17-8-18-20(12-24,29-17)13-25(30(18,27)28)10-14-2-1-7-22-9-14/h1-7,9,17-18H,8,10-13H2,(H,23,26)/t17-,18+,20+/m0/s1. The summed E-state index contributed by atoms with van der Waals surface area (Å²) in [5.41, 5.74) is 0.554. The number of fused-ring (bicyclic) bond motifs is 1. The number of carbonyl (C=O) groups is 1. The summed E-state index contributed by atoms with van der Waals surface area (Å²) in [6.45, 7) is 1.09. The topological polar surface area (TPSA) is 91.8 Å². The van der Waals surface area contributed by atoms with Crippen LogP contribution in [-0.4, -0.2) is 65.2 Å². The second kappa shape index (κ2) is 7.19. The van der Waals surface area contributed by atoms with Crippen LogP contribution in [0.15, 0.2) is 48.8 Å². The molecule has 5 rings (SSSR count). The van der Waals surface area contributed by atoms with Crippen molar-refractivity contribution in [3.05, 3.63) is 59.4 Å². The molecule has 2 aromatic rings. The molecule has 0 unspecified atom stereocenters. The third kappa shape index (κ3) is 3.35. The Labute approximate surface area is 179 Å². The molecule has 0 aliphatic carbocycles. The first-order chi connectivity index (χ1) is 14.4. The van der Waals surface area contributed by atoms with Crippen molar-refractivity contribution < 1.29 is 17.9 Å². The van der Waals surface area contributed by atoms with E-state index in [1.54, 1.807) is 47.6 Å². The zero-order chi connectivity index (χ0) is 20.9. The number of carbonyl (C=O) groups excluding carboxylic acids is 1. The summed E-state index contributed by atoms with van der Waals surface area (Å²) >= 11 is 5.90. The van der Waals surface area contributed by atoms with Gasteiger partial charge in [0.25, 0.3) is 0 Å². The summed E-state index contributed by atoms with van der Waals surface area (Å²) in [6.07, 6.45) is 3.44. The van der Waals surface area contributed by atoms with Crippen LogP contribution in [0, 0.1) is 0 Å². The van der Waals surface area contributed by atoms with Gasteiger partial charge in [0.2, 0.25) is 10.0 Å². The van der Waals surface area contributed by atoms with Crippen molar-refractivity contribution in [3.8, 4) is 0 Å². The SMILES string of the molecule is O=C(Nc1ccc(Cl)cc1)N1C[C@@H]2C[C@@H]3[C@@](C1)(CN(Cc1cccnc1)S3(=O)=O)O2. The van der Waals surface area contributed by atoms with Crippen LogP contribution in [0.5, 0.6) is 0 Å². The van der Waals surface area contributed by atoms with Gasteiger partial charge in [-0.3, -0.25) is 4.98 Å². The highest BCUT2D eigenvalue weighted by molar-refractivity contribution is 7.90. The van der Waals surface area contributed by atoms with E-state index in [0.29, 0.717) is 23.7 Å². The molecule has 158 valence electrons. The normalized spacial score (nSPS) is 29.6. The van der Waals surface area contributed by atoms with Crippen molar-refractivity contribution in [1.82, 2.24) is 14.2 Å². The zero-order valence-corrected chi connectivity index (χ0v) is 17.6. The Morgan fingerprint density at radius 3 is 2.80 bits per heavy atom. The van der Waals surface area contributed by atoms with Gasteiger partial charge in [-0.25, -0.2) is 13.2 Å². The van der Waals surface area contributed by atoms with E-state index in [-0.39, 0.29) is 31.8 Å². The van der Waals surface area contributed by atoms with Gasteiger partial charge in [-0.1, -0.05) is 17.7 Å². The number of anilines is 1. The molecule has 8 nitrogen and oxygen atoms in total. The maximum absolute atomic E-state index is 13.2. The number of hydrogen-bond acceptors (Lipinski definition) is 5. The summed E-state index contributed by atoms with van der Waals surface area (Å²) < 4.78 is 34.1. The number of halogens is 1. The smallest absolute Gasteiger partial charge is 0.322 e. The predicted octanol–water partition coefficient (Wildman–Crippen LogP) is 2.32. The molecule has 0 saturated carbocycles. The number of pyridine rings is 1. The van der Waals surface area contributed by atoms with Crippen LogP contribution >= 0.6 is 11.6 Å². The lowest BCUT2D eigenvalue weighted by atomic mass is 9.99. The molecule has 3 fully saturated rings. The van der Waals surface area contributed by atoms with Gasteiger partial charge < -0.3 is 15.0 Å². The molecule has 4 heterocycles. The Kier molecular flexibility index (Phi) is 4.73. The lowest BCUT2D eigenvalue weighted by Gasteiger charge is -2.39. The molecule has 10 heteroatoms.